The summed E-state index contributed by atoms with van der Waals surface area (Å²) in [7, 11) is 5.51. The number of ether oxygens (including phenoxy) is 2. The zero-order valence-corrected chi connectivity index (χ0v) is 12.6. The van der Waals surface area contributed by atoms with Gasteiger partial charge in [0.05, 0.1) is 7.11 Å². The predicted octanol–water partition coefficient (Wildman–Crippen LogP) is 2.75. The molecule has 0 aliphatic rings. The van der Waals surface area contributed by atoms with Crippen molar-refractivity contribution in [2.75, 3.05) is 34.4 Å². The summed E-state index contributed by atoms with van der Waals surface area (Å²) in [6, 6.07) is 8.29. The van der Waals surface area contributed by atoms with Crippen molar-refractivity contribution in [3.63, 3.8) is 0 Å². The van der Waals surface area contributed by atoms with Gasteiger partial charge in [-0.25, -0.2) is 0 Å². The summed E-state index contributed by atoms with van der Waals surface area (Å²) in [5.41, 5.74) is 1.29. The highest BCUT2D eigenvalue weighted by molar-refractivity contribution is 5.33. The summed E-state index contributed by atoms with van der Waals surface area (Å²) in [5, 5.41) is 3.30. The SMILES string of the molecule is CNCC(Cc1ccccc1OC)C(C)CCOC. The molecule has 2 unspecified atom stereocenters. The van der Waals surface area contributed by atoms with Crippen LogP contribution in [0.25, 0.3) is 0 Å². The molecule has 0 aliphatic heterocycles. The molecule has 0 amide bonds. The fraction of sp³-hybridized carbons (Fsp3) is 0.625. The minimum Gasteiger partial charge on any atom is -0.496 e. The van der Waals surface area contributed by atoms with Gasteiger partial charge in [-0.1, -0.05) is 25.1 Å². The zero-order valence-electron chi connectivity index (χ0n) is 12.6. The normalized spacial score (nSPS) is 14.1. The third kappa shape index (κ3) is 5.21. The van der Waals surface area contributed by atoms with Gasteiger partial charge in [0.1, 0.15) is 5.75 Å². The topological polar surface area (TPSA) is 30.5 Å². The van der Waals surface area contributed by atoms with E-state index in [1.165, 1.54) is 5.56 Å². The van der Waals surface area contributed by atoms with E-state index in [-0.39, 0.29) is 0 Å². The summed E-state index contributed by atoms with van der Waals surface area (Å²) in [6.45, 7) is 4.15. The highest BCUT2D eigenvalue weighted by Gasteiger charge is 2.18. The molecule has 108 valence electrons. The Bertz CT molecular complexity index is 354. The molecule has 1 aromatic rings. The largest absolute Gasteiger partial charge is 0.496 e. The van der Waals surface area contributed by atoms with Gasteiger partial charge >= 0.3 is 0 Å². The average Bonchev–Trinajstić information content (AvgIpc) is 2.44. The van der Waals surface area contributed by atoms with E-state index in [1.54, 1.807) is 14.2 Å². The number of methoxy groups -OCH3 is 2. The second kappa shape index (κ2) is 8.94. The van der Waals surface area contributed by atoms with Crippen LogP contribution >= 0.6 is 0 Å². The molecule has 1 N–H and O–H groups in total. The van der Waals surface area contributed by atoms with E-state index in [0.717, 1.165) is 31.7 Å². The number of rotatable bonds is 9. The zero-order chi connectivity index (χ0) is 14.1. The van der Waals surface area contributed by atoms with Gasteiger partial charge in [-0.3, -0.25) is 0 Å². The first-order chi connectivity index (χ1) is 9.22. The molecular formula is C16H27NO2. The Hall–Kier alpha value is -1.06. The van der Waals surface area contributed by atoms with E-state index in [4.69, 9.17) is 9.47 Å². The highest BCUT2D eigenvalue weighted by atomic mass is 16.5. The molecule has 0 bridgehead atoms. The van der Waals surface area contributed by atoms with E-state index < -0.39 is 0 Å². The van der Waals surface area contributed by atoms with E-state index >= 15 is 0 Å². The monoisotopic (exact) mass is 265 g/mol. The molecule has 19 heavy (non-hydrogen) atoms. The molecule has 0 saturated heterocycles. The molecule has 0 aromatic heterocycles. The third-order valence-electron chi connectivity index (χ3n) is 3.72. The van der Waals surface area contributed by atoms with E-state index in [9.17, 15) is 0 Å². The molecule has 2 atom stereocenters. The van der Waals surface area contributed by atoms with E-state index in [1.807, 2.05) is 19.2 Å². The second-order valence-corrected chi connectivity index (χ2v) is 5.09. The summed E-state index contributed by atoms with van der Waals surface area (Å²) in [6.07, 6.45) is 2.13. The number of hydrogen-bond donors (Lipinski definition) is 1. The van der Waals surface area contributed by atoms with Crippen molar-refractivity contribution < 1.29 is 9.47 Å². The Labute approximate surface area is 117 Å². The first-order valence-corrected chi connectivity index (χ1v) is 6.98. The van der Waals surface area contributed by atoms with Gasteiger partial charge in [0, 0.05) is 13.7 Å². The fourth-order valence-corrected chi connectivity index (χ4v) is 2.43. The molecule has 0 radical (unpaired) electrons. The molecular weight excluding hydrogens is 238 g/mol. The molecule has 0 fully saturated rings. The van der Waals surface area contributed by atoms with Crippen LogP contribution in [0.2, 0.25) is 0 Å². The Morgan fingerprint density at radius 2 is 1.95 bits per heavy atom. The maximum Gasteiger partial charge on any atom is 0.122 e. The number of para-hydroxylation sites is 1. The Morgan fingerprint density at radius 3 is 2.58 bits per heavy atom. The van der Waals surface area contributed by atoms with E-state index in [2.05, 4.69) is 24.4 Å². The van der Waals surface area contributed by atoms with Crippen molar-refractivity contribution in [2.24, 2.45) is 11.8 Å². The quantitative estimate of drug-likeness (QED) is 0.745. The van der Waals surface area contributed by atoms with Crippen molar-refractivity contribution >= 4 is 0 Å². The molecule has 0 spiro atoms. The van der Waals surface area contributed by atoms with E-state index in [0.29, 0.717) is 11.8 Å². The summed E-state index contributed by atoms with van der Waals surface area (Å²) >= 11 is 0. The van der Waals surface area contributed by atoms with Crippen LogP contribution in [-0.2, 0) is 11.2 Å². The second-order valence-electron chi connectivity index (χ2n) is 5.09. The smallest absolute Gasteiger partial charge is 0.122 e. The lowest BCUT2D eigenvalue weighted by Crippen LogP contribution is -2.27. The number of hydrogen-bond acceptors (Lipinski definition) is 3. The maximum absolute atomic E-state index is 5.44. The highest BCUT2D eigenvalue weighted by Crippen LogP contribution is 2.25. The first kappa shape index (κ1) is 16.0. The van der Waals surface area contributed by atoms with Gasteiger partial charge in [0.15, 0.2) is 0 Å². The molecule has 3 heteroatoms. The fourth-order valence-electron chi connectivity index (χ4n) is 2.43. The van der Waals surface area contributed by atoms with Crippen LogP contribution < -0.4 is 10.1 Å². The molecule has 1 aromatic carbocycles. The van der Waals surface area contributed by atoms with Crippen molar-refractivity contribution in [2.45, 2.75) is 19.8 Å². The van der Waals surface area contributed by atoms with Crippen LogP contribution in [0.4, 0.5) is 0 Å². The standard InChI is InChI=1S/C16H27NO2/c1-13(9-10-18-3)15(12-17-2)11-14-7-5-6-8-16(14)19-4/h5-8,13,15,17H,9-12H2,1-4H3. The third-order valence-corrected chi connectivity index (χ3v) is 3.72. The van der Waals surface area contributed by atoms with Gasteiger partial charge in [-0.15, -0.1) is 0 Å². The van der Waals surface area contributed by atoms with Crippen LogP contribution in [0.1, 0.15) is 18.9 Å². The Kier molecular flexibility index (Phi) is 7.53. The lowest BCUT2D eigenvalue weighted by atomic mass is 9.85. The van der Waals surface area contributed by atoms with Crippen LogP contribution in [0.15, 0.2) is 24.3 Å². The van der Waals surface area contributed by atoms with Crippen molar-refractivity contribution in [3.8, 4) is 5.75 Å². The minimum absolute atomic E-state index is 0.594. The molecule has 0 saturated carbocycles. The van der Waals surface area contributed by atoms with Crippen molar-refractivity contribution in [1.29, 1.82) is 0 Å². The van der Waals surface area contributed by atoms with Crippen LogP contribution in [-0.4, -0.2) is 34.4 Å². The summed E-state index contributed by atoms with van der Waals surface area (Å²) < 4.78 is 10.6. The Morgan fingerprint density at radius 1 is 1.21 bits per heavy atom. The van der Waals surface area contributed by atoms with Crippen LogP contribution in [0, 0.1) is 11.8 Å². The predicted molar refractivity (Wildman–Crippen MR) is 79.8 cm³/mol. The lowest BCUT2D eigenvalue weighted by Gasteiger charge is -2.24. The van der Waals surface area contributed by atoms with Gasteiger partial charge in [0.25, 0.3) is 0 Å². The summed E-state index contributed by atoms with van der Waals surface area (Å²) in [5.74, 6) is 2.20. The van der Waals surface area contributed by atoms with Gasteiger partial charge in [0.2, 0.25) is 0 Å². The van der Waals surface area contributed by atoms with Gasteiger partial charge in [-0.2, -0.15) is 0 Å². The minimum atomic E-state index is 0.594. The van der Waals surface area contributed by atoms with Gasteiger partial charge < -0.3 is 14.8 Å². The number of benzene rings is 1. The number of nitrogens with one attached hydrogen (secondary N) is 1. The molecule has 0 aliphatic carbocycles. The maximum atomic E-state index is 5.44. The lowest BCUT2D eigenvalue weighted by molar-refractivity contribution is 0.164. The summed E-state index contributed by atoms with van der Waals surface area (Å²) in [4.78, 5) is 0. The van der Waals surface area contributed by atoms with Gasteiger partial charge in [-0.05, 0) is 49.9 Å². The molecule has 3 nitrogen and oxygen atoms in total. The van der Waals surface area contributed by atoms with Crippen LogP contribution in [0.5, 0.6) is 5.75 Å². The van der Waals surface area contributed by atoms with Crippen LogP contribution in [0.3, 0.4) is 0 Å². The van der Waals surface area contributed by atoms with Crippen molar-refractivity contribution in [3.05, 3.63) is 29.8 Å². The molecule has 1 rings (SSSR count). The average molecular weight is 265 g/mol. The first-order valence-electron chi connectivity index (χ1n) is 6.98. The Balaban J connectivity index is 2.71. The van der Waals surface area contributed by atoms with Crippen molar-refractivity contribution in [1.82, 2.24) is 5.32 Å². The molecule has 0 heterocycles.